The van der Waals surface area contributed by atoms with Crippen molar-refractivity contribution in [2.45, 2.75) is 29.9 Å². The third kappa shape index (κ3) is 3.54. The highest BCUT2D eigenvalue weighted by atomic mass is 35.5. The second-order valence-electron chi connectivity index (χ2n) is 6.80. The van der Waals surface area contributed by atoms with Crippen molar-refractivity contribution >= 4 is 48.9 Å². The second kappa shape index (κ2) is 7.46. The van der Waals surface area contributed by atoms with Crippen molar-refractivity contribution in [3.8, 4) is 0 Å². The number of aryl methyl sites for hydroxylation is 1. The number of benzene rings is 2. The number of rotatable bonds is 4. The lowest BCUT2D eigenvalue weighted by atomic mass is 10.2. The molecule has 8 heteroatoms. The van der Waals surface area contributed by atoms with Gasteiger partial charge in [-0.05, 0) is 55.3 Å². The van der Waals surface area contributed by atoms with Gasteiger partial charge in [0.1, 0.15) is 0 Å². The summed E-state index contributed by atoms with van der Waals surface area (Å²) in [5, 5.41) is 0.929. The molecule has 0 unspecified atom stereocenters. The van der Waals surface area contributed by atoms with Gasteiger partial charge in [-0.15, -0.1) is 11.3 Å². The van der Waals surface area contributed by atoms with E-state index in [1.54, 1.807) is 34.4 Å². The molecule has 1 fully saturated rings. The third-order valence-corrected chi connectivity index (χ3v) is 8.60. The van der Waals surface area contributed by atoms with Gasteiger partial charge in [0, 0.05) is 23.7 Å². The van der Waals surface area contributed by atoms with Crippen LogP contribution in [0, 0.1) is 0 Å². The number of nitrogens with zero attached hydrogens (tertiary/aromatic N) is 2. The van der Waals surface area contributed by atoms with Crippen LogP contribution in [0.4, 0.5) is 0 Å². The molecule has 0 bridgehead atoms. The van der Waals surface area contributed by atoms with Gasteiger partial charge in [-0.3, -0.25) is 4.79 Å². The zero-order chi connectivity index (χ0) is 19.9. The van der Waals surface area contributed by atoms with Crippen LogP contribution >= 0.6 is 22.9 Å². The Morgan fingerprint density at radius 3 is 2.71 bits per heavy atom. The van der Waals surface area contributed by atoms with Crippen LogP contribution in [-0.4, -0.2) is 42.5 Å². The van der Waals surface area contributed by atoms with Crippen LogP contribution in [0.1, 0.15) is 28.7 Å². The second-order valence-corrected chi connectivity index (χ2v) is 10.6. The van der Waals surface area contributed by atoms with Crippen molar-refractivity contribution in [1.82, 2.24) is 9.88 Å². The van der Waals surface area contributed by atoms with Gasteiger partial charge in [0.2, 0.25) is 0 Å². The van der Waals surface area contributed by atoms with E-state index < -0.39 is 15.1 Å². The number of hydrogen-bond donors (Lipinski definition) is 0. The summed E-state index contributed by atoms with van der Waals surface area (Å²) in [5.41, 5.74) is 1.46. The minimum absolute atomic E-state index is 0.137. The van der Waals surface area contributed by atoms with Crippen LogP contribution in [0.3, 0.4) is 0 Å². The number of fused-ring (bicyclic) bond motifs is 1. The maximum Gasteiger partial charge on any atom is 0.253 e. The van der Waals surface area contributed by atoms with E-state index in [0.717, 1.165) is 21.6 Å². The number of aromatic nitrogens is 1. The zero-order valence-electron chi connectivity index (χ0n) is 15.3. The molecule has 3 aromatic rings. The monoisotopic (exact) mass is 434 g/mol. The van der Waals surface area contributed by atoms with E-state index in [1.165, 1.54) is 12.1 Å². The number of sulfone groups is 1. The van der Waals surface area contributed by atoms with Crippen LogP contribution < -0.4 is 0 Å². The molecule has 1 aromatic heterocycles. The van der Waals surface area contributed by atoms with Crippen LogP contribution in [0.25, 0.3) is 10.2 Å². The van der Waals surface area contributed by atoms with Crippen LogP contribution in [0.15, 0.2) is 47.4 Å². The molecular weight excluding hydrogens is 416 g/mol. The lowest BCUT2D eigenvalue weighted by Gasteiger charge is -2.17. The molecule has 1 amide bonds. The van der Waals surface area contributed by atoms with Gasteiger partial charge in [0.25, 0.3) is 5.91 Å². The van der Waals surface area contributed by atoms with Gasteiger partial charge in [-0.1, -0.05) is 18.5 Å². The van der Waals surface area contributed by atoms with E-state index in [4.69, 9.17) is 11.6 Å². The quantitative estimate of drug-likeness (QED) is 0.617. The number of hydrogen-bond acceptors (Lipinski definition) is 5. The number of carbonyl (C=O) groups excluding carboxylic acids is 1. The summed E-state index contributed by atoms with van der Waals surface area (Å²) in [6, 6.07) is 11.7. The van der Waals surface area contributed by atoms with E-state index in [9.17, 15) is 13.2 Å². The summed E-state index contributed by atoms with van der Waals surface area (Å²) in [7, 11) is -3.50. The van der Waals surface area contributed by atoms with E-state index in [0.29, 0.717) is 23.6 Å². The lowest BCUT2D eigenvalue weighted by Crippen LogP contribution is -2.31. The van der Waals surface area contributed by atoms with Crippen LogP contribution in [-0.2, 0) is 16.3 Å². The van der Waals surface area contributed by atoms with Crippen molar-refractivity contribution < 1.29 is 13.2 Å². The molecule has 0 saturated carbocycles. The molecule has 0 spiro atoms. The van der Waals surface area contributed by atoms with Crippen molar-refractivity contribution in [3.63, 3.8) is 0 Å². The Morgan fingerprint density at radius 1 is 1.25 bits per heavy atom. The Balaban J connectivity index is 1.53. The predicted octanol–water partition coefficient (Wildman–Crippen LogP) is 4.20. The first-order chi connectivity index (χ1) is 13.4. The number of carbonyl (C=O) groups is 1. The number of likely N-dealkylation sites (tertiary alicyclic amines) is 1. The lowest BCUT2D eigenvalue weighted by molar-refractivity contribution is 0.0793. The summed E-state index contributed by atoms with van der Waals surface area (Å²) in [5.74, 6) is -0.137. The molecule has 4 rings (SSSR count). The van der Waals surface area contributed by atoms with Crippen molar-refractivity contribution in [2.24, 2.45) is 0 Å². The molecule has 2 aromatic carbocycles. The highest BCUT2D eigenvalue weighted by Gasteiger charge is 2.36. The van der Waals surface area contributed by atoms with Gasteiger partial charge in [-0.2, -0.15) is 0 Å². The first-order valence-corrected chi connectivity index (χ1v) is 11.8. The Morgan fingerprint density at radius 2 is 2.00 bits per heavy atom. The molecular formula is C20H19ClN2O3S2. The largest absolute Gasteiger partial charge is 0.337 e. The number of halogens is 1. The number of thiazole rings is 1. The minimum atomic E-state index is -3.50. The van der Waals surface area contributed by atoms with Gasteiger partial charge < -0.3 is 4.90 Å². The zero-order valence-corrected chi connectivity index (χ0v) is 17.6. The van der Waals surface area contributed by atoms with Gasteiger partial charge >= 0.3 is 0 Å². The Kier molecular flexibility index (Phi) is 5.16. The topological polar surface area (TPSA) is 67.3 Å². The first-order valence-electron chi connectivity index (χ1n) is 9.06. The summed E-state index contributed by atoms with van der Waals surface area (Å²) < 4.78 is 26.7. The van der Waals surface area contributed by atoms with E-state index in [2.05, 4.69) is 11.9 Å². The van der Waals surface area contributed by atoms with Crippen molar-refractivity contribution in [3.05, 3.63) is 58.1 Å². The average Bonchev–Trinajstić information content (AvgIpc) is 3.34. The molecule has 0 radical (unpaired) electrons. The van der Waals surface area contributed by atoms with Crippen molar-refractivity contribution in [2.75, 3.05) is 13.1 Å². The van der Waals surface area contributed by atoms with Gasteiger partial charge in [0.15, 0.2) is 9.84 Å². The molecule has 1 atom stereocenters. The molecule has 1 aliphatic rings. The summed E-state index contributed by atoms with van der Waals surface area (Å²) >= 11 is 7.44. The SMILES string of the molecule is CCc1nc2ccc(C(=O)N3CC[C@@H](S(=O)(=O)c4ccc(Cl)cc4)C3)cc2s1. The molecule has 28 heavy (non-hydrogen) atoms. The molecule has 1 aliphatic heterocycles. The summed E-state index contributed by atoms with van der Waals surface area (Å²) in [6.07, 6.45) is 1.29. The molecule has 0 aliphatic carbocycles. The Labute approximate surface area is 172 Å². The van der Waals surface area contributed by atoms with Gasteiger partial charge in [0.05, 0.1) is 25.4 Å². The Bertz CT molecular complexity index is 1140. The highest BCUT2D eigenvalue weighted by molar-refractivity contribution is 7.92. The van der Waals surface area contributed by atoms with E-state index in [-0.39, 0.29) is 17.3 Å². The predicted molar refractivity (Wildman–Crippen MR) is 112 cm³/mol. The van der Waals surface area contributed by atoms with E-state index in [1.807, 2.05) is 12.1 Å². The summed E-state index contributed by atoms with van der Waals surface area (Å²) in [6.45, 7) is 2.68. The third-order valence-electron chi connectivity index (χ3n) is 5.00. The first kappa shape index (κ1) is 19.4. The van der Waals surface area contributed by atoms with Gasteiger partial charge in [-0.25, -0.2) is 13.4 Å². The van der Waals surface area contributed by atoms with Crippen LogP contribution in [0.5, 0.6) is 0 Å². The molecule has 0 N–H and O–H groups in total. The number of amides is 1. The van der Waals surface area contributed by atoms with Crippen molar-refractivity contribution in [1.29, 1.82) is 0 Å². The minimum Gasteiger partial charge on any atom is -0.337 e. The fourth-order valence-corrected chi connectivity index (χ4v) is 6.19. The Hall–Kier alpha value is -1.96. The smallest absolute Gasteiger partial charge is 0.253 e. The normalized spacial score (nSPS) is 17.4. The molecule has 146 valence electrons. The maximum atomic E-state index is 12.9. The standard InChI is InChI=1S/C20H19ClN2O3S2/c1-2-19-22-17-8-3-13(11-18(17)27-19)20(24)23-10-9-16(12-23)28(25,26)15-6-4-14(21)5-7-15/h3-8,11,16H,2,9-10,12H2,1H3/t16-/m1/s1. The molecule has 1 saturated heterocycles. The maximum absolute atomic E-state index is 12.9. The fourth-order valence-electron chi connectivity index (χ4n) is 3.42. The van der Waals surface area contributed by atoms with E-state index >= 15 is 0 Å². The summed E-state index contributed by atoms with van der Waals surface area (Å²) in [4.78, 5) is 19.3. The van der Waals surface area contributed by atoms with Crippen LogP contribution in [0.2, 0.25) is 5.02 Å². The fraction of sp³-hybridized carbons (Fsp3) is 0.300. The highest BCUT2D eigenvalue weighted by Crippen LogP contribution is 2.28. The average molecular weight is 435 g/mol. The molecule has 5 nitrogen and oxygen atoms in total. The molecule has 2 heterocycles.